The molecule has 17 heavy (non-hydrogen) atoms. The first-order chi connectivity index (χ1) is 8.02. The summed E-state index contributed by atoms with van der Waals surface area (Å²) in [5, 5.41) is 9.04. The third-order valence-corrected chi connectivity index (χ3v) is 4.22. The molecule has 0 bridgehead atoms. The van der Waals surface area contributed by atoms with Gasteiger partial charge >= 0.3 is 12.0 Å². The van der Waals surface area contributed by atoms with Gasteiger partial charge in [0.15, 0.2) is 0 Å². The van der Waals surface area contributed by atoms with E-state index in [1.54, 1.807) is 11.9 Å². The first kappa shape index (κ1) is 14.2. The fraction of sp³-hybridized carbons (Fsp3) is 0.818. The first-order valence-corrected chi connectivity index (χ1v) is 7.02. The molecule has 0 spiro atoms. The topological polar surface area (TPSA) is 60.9 Å². The summed E-state index contributed by atoms with van der Waals surface area (Å²) in [6.07, 6.45) is 1.77. The molecule has 0 aromatic heterocycles. The Morgan fingerprint density at radius 1 is 1.47 bits per heavy atom. The highest BCUT2D eigenvalue weighted by Gasteiger charge is 2.36. The maximum absolute atomic E-state index is 12.2. The summed E-state index contributed by atoms with van der Waals surface area (Å²) in [6.45, 7) is 4.07. The Balaban J connectivity index is 2.71. The zero-order chi connectivity index (χ0) is 13.0. The van der Waals surface area contributed by atoms with Gasteiger partial charge in [-0.25, -0.2) is 9.59 Å². The van der Waals surface area contributed by atoms with Crippen LogP contribution in [0.5, 0.6) is 0 Å². The summed E-state index contributed by atoms with van der Waals surface area (Å²) in [4.78, 5) is 26.3. The largest absolute Gasteiger partial charge is 0.480 e. The van der Waals surface area contributed by atoms with Crippen LogP contribution in [0.1, 0.15) is 26.7 Å². The van der Waals surface area contributed by atoms with Crippen molar-refractivity contribution in [3.8, 4) is 0 Å². The molecular weight excluding hydrogens is 240 g/mol. The van der Waals surface area contributed by atoms with Crippen molar-refractivity contribution in [2.45, 2.75) is 38.8 Å². The van der Waals surface area contributed by atoms with E-state index in [2.05, 4.69) is 0 Å². The third kappa shape index (κ3) is 3.06. The van der Waals surface area contributed by atoms with Crippen molar-refractivity contribution < 1.29 is 14.7 Å². The average molecular weight is 260 g/mol. The van der Waals surface area contributed by atoms with Crippen molar-refractivity contribution >= 4 is 23.8 Å². The van der Waals surface area contributed by atoms with E-state index >= 15 is 0 Å². The maximum atomic E-state index is 12.2. The van der Waals surface area contributed by atoms with E-state index in [1.807, 2.05) is 13.8 Å². The van der Waals surface area contributed by atoms with E-state index in [9.17, 15) is 9.59 Å². The van der Waals surface area contributed by atoms with Crippen LogP contribution in [0.25, 0.3) is 0 Å². The number of hydrogen-bond donors (Lipinski definition) is 1. The van der Waals surface area contributed by atoms with Gasteiger partial charge in [0.05, 0.1) is 5.88 Å². The lowest BCUT2D eigenvalue weighted by Gasteiger charge is -2.32. The van der Waals surface area contributed by atoms with Gasteiger partial charge < -0.3 is 14.9 Å². The van der Waals surface area contributed by atoms with Crippen LogP contribution in [0, 0.1) is 0 Å². The molecule has 2 amide bonds. The van der Waals surface area contributed by atoms with E-state index in [1.165, 1.54) is 16.7 Å². The minimum absolute atomic E-state index is 0.170. The summed E-state index contributed by atoms with van der Waals surface area (Å²) >= 11 is 1.49. The van der Waals surface area contributed by atoms with Crippen LogP contribution in [-0.2, 0) is 4.79 Å². The molecular formula is C11H20N2O3S. The van der Waals surface area contributed by atoms with Gasteiger partial charge in [-0.3, -0.25) is 0 Å². The number of amides is 2. The second kappa shape index (κ2) is 6.14. The molecule has 1 fully saturated rings. The molecule has 6 heteroatoms. The SMILES string of the molecule is CCC(CC)N(C)C(=O)N1CSCC1C(=O)O. The molecule has 1 unspecified atom stereocenters. The molecule has 5 nitrogen and oxygen atoms in total. The van der Waals surface area contributed by atoms with Crippen molar-refractivity contribution in [3.63, 3.8) is 0 Å². The molecule has 0 aliphatic carbocycles. The highest BCUT2D eigenvalue weighted by Crippen LogP contribution is 2.23. The van der Waals surface area contributed by atoms with Gasteiger partial charge in [-0.15, -0.1) is 11.8 Å². The Labute approximate surface area is 106 Å². The lowest BCUT2D eigenvalue weighted by atomic mass is 10.1. The monoisotopic (exact) mass is 260 g/mol. The third-order valence-electron chi connectivity index (χ3n) is 3.21. The van der Waals surface area contributed by atoms with E-state index in [0.29, 0.717) is 11.6 Å². The van der Waals surface area contributed by atoms with Gasteiger partial charge in [-0.2, -0.15) is 0 Å². The van der Waals surface area contributed by atoms with Crippen molar-refractivity contribution in [1.82, 2.24) is 9.80 Å². The van der Waals surface area contributed by atoms with Crippen molar-refractivity contribution in [1.29, 1.82) is 0 Å². The van der Waals surface area contributed by atoms with Crippen LogP contribution in [0.3, 0.4) is 0 Å². The normalized spacial score (nSPS) is 19.8. The summed E-state index contributed by atoms with van der Waals surface area (Å²) in [7, 11) is 1.75. The predicted molar refractivity (Wildman–Crippen MR) is 68.1 cm³/mol. The van der Waals surface area contributed by atoms with E-state index in [4.69, 9.17) is 5.11 Å². The molecule has 0 radical (unpaired) electrons. The number of carbonyl (C=O) groups is 2. The minimum Gasteiger partial charge on any atom is -0.480 e. The number of carboxylic acid groups (broad SMARTS) is 1. The van der Waals surface area contributed by atoms with Gasteiger partial charge in [-0.1, -0.05) is 13.8 Å². The molecule has 1 atom stereocenters. The second-order valence-corrected chi connectivity index (χ2v) is 5.19. The molecule has 1 aliphatic rings. The van der Waals surface area contributed by atoms with Crippen LogP contribution < -0.4 is 0 Å². The number of carboxylic acids is 1. The highest BCUT2D eigenvalue weighted by atomic mass is 32.2. The fourth-order valence-electron chi connectivity index (χ4n) is 2.03. The van der Waals surface area contributed by atoms with Crippen LogP contribution in [-0.4, -0.2) is 57.7 Å². The minimum atomic E-state index is -0.915. The Kier molecular flexibility index (Phi) is 5.11. The zero-order valence-electron chi connectivity index (χ0n) is 10.5. The van der Waals surface area contributed by atoms with E-state index in [0.717, 1.165) is 12.8 Å². The molecule has 0 saturated carbocycles. The second-order valence-electron chi connectivity index (χ2n) is 4.19. The Morgan fingerprint density at radius 2 is 2.06 bits per heavy atom. The smallest absolute Gasteiger partial charge is 0.327 e. The van der Waals surface area contributed by atoms with Crippen LogP contribution >= 0.6 is 11.8 Å². The number of hydrogen-bond acceptors (Lipinski definition) is 3. The summed E-state index contributed by atoms with van der Waals surface area (Å²) in [5.41, 5.74) is 0. The van der Waals surface area contributed by atoms with Crippen molar-refractivity contribution in [3.05, 3.63) is 0 Å². The standard InChI is InChI=1S/C11H20N2O3S/c1-4-8(5-2)12(3)11(16)13-7-17-6-9(13)10(14)15/h8-9H,4-7H2,1-3H3,(H,14,15). The maximum Gasteiger partial charge on any atom is 0.327 e. The molecule has 0 aromatic rings. The van der Waals surface area contributed by atoms with Gasteiger partial charge in [0, 0.05) is 18.8 Å². The number of urea groups is 1. The lowest BCUT2D eigenvalue weighted by Crippen LogP contribution is -2.50. The number of rotatable bonds is 4. The lowest BCUT2D eigenvalue weighted by molar-refractivity contribution is -0.140. The Morgan fingerprint density at radius 3 is 2.53 bits per heavy atom. The van der Waals surface area contributed by atoms with E-state index < -0.39 is 12.0 Å². The number of thioether (sulfide) groups is 1. The highest BCUT2D eigenvalue weighted by molar-refractivity contribution is 7.99. The molecule has 1 saturated heterocycles. The summed E-state index contributed by atoms with van der Waals surface area (Å²) < 4.78 is 0. The van der Waals surface area contributed by atoms with Crippen LogP contribution in [0.15, 0.2) is 0 Å². The molecule has 1 heterocycles. The van der Waals surface area contributed by atoms with Crippen LogP contribution in [0.2, 0.25) is 0 Å². The molecule has 1 aliphatic heterocycles. The predicted octanol–water partition coefficient (Wildman–Crippen LogP) is 1.69. The van der Waals surface area contributed by atoms with Gasteiger partial charge in [-0.05, 0) is 12.8 Å². The van der Waals surface area contributed by atoms with Crippen LogP contribution in [0.4, 0.5) is 4.79 Å². The van der Waals surface area contributed by atoms with Gasteiger partial charge in [0.2, 0.25) is 0 Å². The molecule has 1 N–H and O–H groups in total. The molecule has 98 valence electrons. The number of aliphatic carboxylic acids is 1. The Hall–Kier alpha value is -0.910. The number of nitrogens with zero attached hydrogens (tertiary/aromatic N) is 2. The van der Waals surface area contributed by atoms with Gasteiger partial charge in [0.25, 0.3) is 0 Å². The van der Waals surface area contributed by atoms with Crippen molar-refractivity contribution in [2.24, 2.45) is 0 Å². The average Bonchev–Trinajstić information content (AvgIpc) is 2.78. The van der Waals surface area contributed by atoms with Gasteiger partial charge in [0.1, 0.15) is 6.04 Å². The summed E-state index contributed by atoms with van der Waals surface area (Å²) in [6, 6.07) is -0.664. The first-order valence-electron chi connectivity index (χ1n) is 5.86. The zero-order valence-corrected chi connectivity index (χ0v) is 11.4. The van der Waals surface area contributed by atoms with E-state index in [-0.39, 0.29) is 12.1 Å². The van der Waals surface area contributed by atoms with Crippen molar-refractivity contribution in [2.75, 3.05) is 18.7 Å². The Bertz CT molecular complexity index is 294. The number of carbonyl (C=O) groups excluding carboxylic acids is 1. The molecule has 0 aromatic carbocycles. The summed E-state index contributed by atoms with van der Waals surface area (Å²) in [5.74, 6) is 0.0410. The fourth-order valence-corrected chi connectivity index (χ4v) is 3.17. The molecule has 1 rings (SSSR count). The quantitative estimate of drug-likeness (QED) is 0.835.